The van der Waals surface area contributed by atoms with Gasteiger partial charge in [0.25, 0.3) is 0 Å². The standard InChI is InChI=1S/C16H22N2O2S/c1-10(9-19)17-11(2)15-12(3)18-16(21-15)13-5-7-14(20-4)8-6-13/h5-8,10-11,17,19H,9H2,1-4H3/t10-,11?/m1/s1. The van der Waals surface area contributed by atoms with Crippen LogP contribution < -0.4 is 10.1 Å². The van der Waals surface area contributed by atoms with Crippen molar-refractivity contribution in [3.05, 3.63) is 34.8 Å². The Morgan fingerprint density at radius 1 is 1.29 bits per heavy atom. The minimum absolute atomic E-state index is 0.0749. The van der Waals surface area contributed by atoms with Gasteiger partial charge in [0.15, 0.2) is 0 Å². The molecule has 0 aliphatic heterocycles. The van der Waals surface area contributed by atoms with Crippen molar-refractivity contribution < 1.29 is 9.84 Å². The van der Waals surface area contributed by atoms with E-state index in [1.807, 2.05) is 38.1 Å². The molecule has 0 radical (unpaired) electrons. The van der Waals surface area contributed by atoms with Crippen LogP contribution >= 0.6 is 11.3 Å². The van der Waals surface area contributed by atoms with E-state index in [4.69, 9.17) is 9.84 Å². The van der Waals surface area contributed by atoms with E-state index in [-0.39, 0.29) is 18.7 Å². The second-order valence-electron chi connectivity index (χ2n) is 5.17. The highest BCUT2D eigenvalue weighted by Crippen LogP contribution is 2.32. The van der Waals surface area contributed by atoms with Crippen LogP contribution in [0.25, 0.3) is 10.6 Å². The van der Waals surface area contributed by atoms with E-state index in [2.05, 4.69) is 17.2 Å². The van der Waals surface area contributed by atoms with Crippen molar-refractivity contribution in [3.8, 4) is 16.3 Å². The number of methoxy groups -OCH3 is 1. The van der Waals surface area contributed by atoms with Crippen LogP contribution in [-0.4, -0.2) is 29.8 Å². The monoisotopic (exact) mass is 306 g/mol. The summed E-state index contributed by atoms with van der Waals surface area (Å²) < 4.78 is 5.18. The number of nitrogens with zero attached hydrogens (tertiary/aromatic N) is 1. The summed E-state index contributed by atoms with van der Waals surface area (Å²) in [5.74, 6) is 0.846. The number of rotatable bonds is 6. The molecule has 114 valence electrons. The van der Waals surface area contributed by atoms with Crippen molar-refractivity contribution >= 4 is 11.3 Å². The third-order valence-electron chi connectivity index (χ3n) is 3.37. The normalized spacial score (nSPS) is 14.0. The lowest BCUT2D eigenvalue weighted by Crippen LogP contribution is -2.31. The van der Waals surface area contributed by atoms with Crippen LogP contribution in [0.15, 0.2) is 24.3 Å². The van der Waals surface area contributed by atoms with Gasteiger partial charge in [-0.15, -0.1) is 11.3 Å². The molecule has 0 amide bonds. The second-order valence-corrected chi connectivity index (χ2v) is 6.20. The van der Waals surface area contributed by atoms with Crippen LogP contribution in [0.3, 0.4) is 0 Å². The summed E-state index contributed by atoms with van der Waals surface area (Å²) in [6, 6.07) is 8.19. The van der Waals surface area contributed by atoms with Crippen LogP contribution in [0.2, 0.25) is 0 Å². The number of aromatic nitrogens is 1. The molecule has 2 aromatic rings. The topological polar surface area (TPSA) is 54.4 Å². The summed E-state index contributed by atoms with van der Waals surface area (Å²) in [7, 11) is 1.66. The molecule has 4 nitrogen and oxygen atoms in total. The molecule has 0 spiro atoms. The highest BCUT2D eigenvalue weighted by atomic mass is 32.1. The van der Waals surface area contributed by atoms with Crippen molar-refractivity contribution in [3.63, 3.8) is 0 Å². The smallest absolute Gasteiger partial charge is 0.123 e. The van der Waals surface area contributed by atoms with Crippen LogP contribution in [0, 0.1) is 6.92 Å². The Balaban J connectivity index is 2.21. The number of aliphatic hydroxyl groups is 1. The highest BCUT2D eigenvalue weighted by molar-refractivity contribution is 7.15. The first-order valence-electron chi connectivity index (χ1n) is 7.03. The van der Waals surface area contributed by atoms with Crippen LogP contribution in [0.1, 0.15) is 30.5 Å². The molecule has 1 aromatic heterocycles. The summed E-state index contributed by atoms with van der Waals surface area (Å²) >= 11 is 1.69. The highest BCUT2D eigenvalue weighted by Gasteiger charge is 2.16. The van der Waals surface area contributed by atoms with Gasteiger partial charge in [0, 0.05) is 22.5 Å². The Hall–Kier alpha value is -1.43. The Morgan fingerprint density at radius 3 is 2.52 bits per heavy atom. The fourth-order valence-electron chi connectivity index (χ4n) is 2.22. The fraction of sp³-hybridized carbons (Fsp3) is 0.438. The molecule has 0 aliphatic carbocycles. The summed E-state index contributed by atoms with van der Waals surface area (Å²) in [4.78, 5) is 5.88. The van der Waals surface area contributed by atoms with Gasteiger partial charge in [0.05, 0.1) is 19.4 Å². The Bertz CT molecular complexity index is 580. The van der Waals surface area contributed by atoms with Crippen LogP contribution in [-0.2, 0) is 0 Å². The van der Waals surface area contributed by atoms with Crippen LogP contribution in [0.4, 0.5) is 0 Å². The lowest BCUT2D eigenvalue weighted by molar-refractivity contribution is 0.243. The minimum atomic E-state index is 0.0749. The molecule has 1 heterocycles. The zero-order chi connectivity index (χ0) is 15.4. The maximum Gasteiger partial charge on any atom is 0.123 e. The molecule has 0 saturated heterocycles. The Morgan fingerprint density at radius 2 is 1.95 bits per heavy atom. The average molecular weight is 306 g/mol. The van der Waals surface area contributed by atoms with Crippen molar-refractivity contribution in [2.24, 2.45) is 0 Å². The molecule has 2 N–H and O–H groups in total. The van der Waals surface area contributed by atoms with E-state index in [9.17, 15) is 0 Å². The van der Waals surface area contributed by atoms with Gasteiger partial charge in [0.2, 0.25) is 0 Å². The second kappa shape index (κ2) is 7.02. The molecule has 0 fully saturated rings. The molecular weight excluding hydrogens is 284 g/mol. The fourth-order valence-corrected chi connectivity index (χ4v) is 3.31. The number of nitrogens with one attached hydrogen (secondary N) is 1. The van der Waals surface area contributed by atoms with Gasteiger partial charge >= 0.3 is 0 Å². The van der Waals surface area contributed by atoms with Gasteiger partial charge in [-0.3, -0.25) is 0 Å². The molecule has 2 rings (SSSR count). The maximum absolute atomic E-state index is 9.15. The van der Waals surface area contributed by atoms with Gasteiger partial charge < -0.3 is 15.2 Å². The number of benzene rings is 1. The number of thiazole rings is 1. The van der Waals surface area contributed by atoms with Crippen molar-refractivity contribution in [2.45, 2.75) is 32.9 Å². The zero-order valence-corrected chi connectivity index (χ0v) is 13.7. The van der Waals surface area contributed by atoms with E-state index in [0.717, 1.165) is 22.0 Å². The lowest BCUT2D eigenvalue weighted by Gasteiger charge is -2.17. The first-order valence-corrected chi connectivity index (χ1v) is 7.85. The molecular formula is C16H22N2O2S. The molecule has 2 atom stereocenters. The van der Waals surface area contributed by atoms with Gasteiger partial charge in [-0.1, -0.05) is 0 Å². The molecule has 21 heavy (non-hydrogen) atoms. The predicted molar refractivity (Wildman–Crippen MR) is 86.9 cm³/mol. The lowest BCUT2D eigenvalue weighted by atomic mass is 10.2. The third-order valence-corrected chi connectivity index (χ3v) is 4.76. The molecule has 0 aliphatic rings. The third kappa shape index (κ3) is 3.81. The van der Waals surface area contributed by atoms with E-state index in [1.165, 1.54) is 4.88 Å². The summed E-state index contributed by atoms with van der Waals surface area (Å²) in [6.45, 7) is 6.23. The van der Waals surface area contributed by atoms with Gasteiger partial charge in [-0.25, -0.2) is 4.98 Å². The summed E-state index contributed by atoms with van der Waals surface area (Å²) in [5, 5.41) is 13.5. The molecule has 0 bridgehead atoms. The summed E-state index contributed by atoms with van der Waals surface area (Å²) in [5.41, 5.74) is 2.13. The zero-order valence-electron chi connectivity index (χ0n) is 12.9. The van der Waals surface area contributed by atoms with E-state index in [1.54, 1.807) is 18.4 Å². The molecule has 0 saturated carbocycles. The quantitative estimate of drug-likeness (QED) is 0.861. The van der Waals surface area contributed by atoms with Crippen molar-refractivity contribution in [2.75, 3.05) is 13.7 Å². The molecule has 1 unspecified atom stereocenters. The molecule has 1 aromatic carbocycles. The number of hydrogen-bond acceptors (Lipinski definition) is 5. The average Bonchev–Trinajstić information content (AvgIpc) is 2.89. The van der Waals surface area contributed by atoms with Gasteiger partial charge in [0.1, 0.15) is 10.8 Å². The predicted octanol–water partition coefficient (Wildman–Crippen LogP) is 3.16. The van der Waals surface area contributed by atoms with Gasteiger partial charge in [-0.05, 0) is 45.0 Å². The number of aryl methyl sites for hydroxylation is 1. The summed E-state index contributed by atoms with van der Waals surface area (Å²) in [6.07, 6.45) is 0. The number of ether oxygens (including phenoxy) is 1. The van der Waals surface area contributed by atoms with Crippen molar-refractivity contribution in [1.29, 1.82) is 0 Å². The van der Waals surface area contributed by atoms with Crippen LogP contribution in [0.5, 0.6) is 5.75 Å². The van der Waals surface area contributed by atoms with E-state index >= 15 is 0 Å². The minimum Gasteiger partial charge on any atom is -0.497 e. The van der Waals surface area contributed by atoms with Gasteiger partial charge in [-0.2, -0.15) is 0 Å². The maximum atomic E-state index is 9.15. The van der Waals surface area contributed by atoms with E-state index in [0.29, 0.717) is 0 Å². The number of aliphatic hydroxyl groups excluding tert-OH is 1. The van der Waals surface area contributed by atoms with E-state index < -0.39 is 0 Å². The molecule has 5 heteroatoms. The largest absolute Gasteiger partial charge is 0.497 e. The van der Waals surface area contributed by atoms with Crippen molar-refractivity contribution in [1.82, 2.24) is 10.3 Å². The first-order chi connectivity index (χ1) is 10.0. The SMILES string of the molecule is COc1ccc(-c2nc(C)c(C(C)N[C@H](C)CO)s2)cc1. The Kier molecular flexibility index (Phi) is 5.33. The number of hydrogen-bond donors (Lipinski definition) is 2. The first kappa shape index (κ1) is 15.9. The Labute approximate surface area is 129 Å².